The van der Waals surface area contributed by atoms with Crippen LogP contribution in [-0.2, 0) is 17.6 Å². The van der Waals surface area contributed by atoms with Crippen molar-refractivity contribution < 1.29 is 14.3 Å². The minimum absolute atomic E-state index is 0.0237. The molecule has 0 unspecified atom stereocenters. The van der Waals surface area contributed by atoms with Gasteiger partial charge in [0.15, 0.2) is 5.78 Å². The van der Waals surface area contributed by atoms with Gasteiger partial charge in [0, 0.05) is 17.2 Å². The molecule has 4 heteroatoms. The second-order valence-electron chi connectivity index (χ2n) is 6.36. The van der Waals surface area contributed by atoms with Crippen molar-refractivity contribution in [2.45, 2.75) is 39.7 Å². The highest BCUT2D eigenvalue weighted by molar-refractivity contribution is 5.94. The molecule has 0 aromatic heterocycles. The summed E-state index contributed by atoms with van der Waals surface area (Å²) >= 11 is 0. The van der Waals surface area contributed by atoms with E-state index in [2.05, 4.69) is 24.4 Å². The Balaban J connectivity index is 2.03. The molecule has 0 fully saturated rings. The van der Waals surface area contributed by atoms with Gasteiger partial charge in [0.2, 0.25) is 5.91 Å². The largest absolute Gasteiger partial charge is 0.496 e. The molecule has 0 bridgehead atoms. The number of rotatable bonds is 7. The van der Waals surface area contributed by atoms with Crippen LogP contribution >= 0.6 is 0 Å². The van der Waals surface area contributed by atoms with Crippen molar-refractivity contribution in [3.8, 4) is 5.75 Å². The summed E-state index contributed by atoms with van der Waals surface area (Å²) in [7, 11) is 1.56. The molecule has 0 radical (unpaired) electrons. The number of methoxy groups -OCH3 is 1. The molecule has 132 valence electrons. The molecular formula is C21H25NO3. The summed E-state index contributed by atoms with van der Waals surface area (Å²) in [5, 5.41) is 3.02. The number of amides is 1. The summed E-state index contributed by atoms with van der Waals surface area (Å²) in [4.78, 5) is 24.0. The number of ether oxygens (including phenoxy) is 1. The first-order chi connectivity index (χ1) is 11.9. The van der Waals surface area contributed by atoms with E-state index in [9.17, 15) is 9.59 Å². The Labute approximate surface area is 149 Å². The molecule has 1 atom stereocenters. The molecule has 2 aromatic rings. The van der Waals surface area contributed by atoms with Crippen LogP contribution in [0.25, 0.3) is 0 Å². The van der Waals surface area contributed by atoms with E-state index in [0.717, 1.165) is 12.0 Å². The van der Waals surface area contributed by atoms with Crippen LogP contribution < -0.4 is 10.1 Å². The third kappa shape index (κ3) is 5.18. The van der Waals surface area contributed by atoms with Crippen LogP contribution in [0, 0.1) is 6.92 Å². The zero-order valence-electron chi connectivity index (χ0n) is 15.3. The van der Waals surface area contributed by atoms with Crippen LogP contribution in [0.15, 0.2) is 42.5 Å². The van der Waals surface area contributed by atoms with Gasteiger partial charge in [-0.3, -0.25) is 9.59 Å². The number of benzene rings is 2. The molecule has 2 aromatic carbocycles. The maximum Gasteiger partial charge on any atom is 0.224 e. The van der Waals surface area contributed by atoms with E-state index in [1.54, 1.807) is 25.3 Å². The molecule has 0 aliphatic carbocycles. The molecule has 0 aliphatic heterocycles. The lowest BCUT2D eigenvalue weighted by atomic mass is 10.0. The van der Waals surface area contributed by atoms with E-state index in [4.69, 9.17) is 4.74 Å². The van der Waals surface area contributed by atoms with Gasteiger partial charge in [-0.2, -0.15) is 0 Å². The smallest absolute Gasteiger partial charge is 0.224 e. The van der Waals surface area contributed by atoms with Crippen LogP contribution in [0.3, 0.4) is 0 Å². The molecule has 0 heterocycles. The molecule has 0 spiro atoms. The molecule has 0 saturated carbocycles. The van der Waals surface area contributed by atoms with Gasteiger partial charge in [0.1, 0.15) is 5.75 Å². The summed E-state index contributed by atoms with van der Waals surface area (Å²) in [6, 6.07) is 13.4. The number of Topliss-reactive ketones (excluding diaryl/α,β-unsaturated/α-hetero) is 1. The summed E-state index contributed by atoms with van der Waals surface area (Å²) in [5.41, 5.74) is 3.75. The van der Waals surface area contributed by atoms with Gasteiger partial charge in [-0.05, 0) is 56.5 Å². The number of hydrogen-bond donors (Lipinski definition) is 1. The standard InChI is InChI=1S/C21H25NO3/c1-14-7-5-6-8-17(14)11-15(2)22-21(24)13-19-12-18(16(3)23)9-10-20(19)25-4/h5-10,12,15H,11,13H2,1-4H3,(H,22,24)/t15-/m0/s1. The monoisotopic (exact) mass is 339 g/mol. The summed E-state index contributed by atoms with van der Waals surface area (Å²) in [6.45, 7) is 5.57. The van der Waals surface area contributed by atoms with E-state index in [1.165, 1.54) is 18.1 Å². The minimum Gasteiger partial charge on any atom is -0.496 e. The number of hydrogen-bond acceptors (Lipinski definition) is 3. The Bertz CT molecular complexity index is 767. The predicted octanol–water partition coefficient (Wildman–Crippen LogP) is 3.50. The maximum atomic E-state index is 12.4. The minimum atomic E-state index is -0.0833. The highest BCUT2D eigenvalue weighted by atomic mass is 16.5. The normalized spacial score (nSPS) is 11.7. The fraction of sp³-hybridized carbons (Fsp3) is 0.333. The van der Waals surface area contributed by atoms with Crippen molar-refractivity contribution in [3.05, 3.63) is 64.7 Å². The van der Waals surface area contributed by atoms with Crippen molar-refractivity contribution in [1.29, 1.82) is 0 Å². The SMILES string of the molecule is COc1ccc(C(C)=O)cc1CC(=O)N[C@@H](C)Cc1ccccc1C. The third-order valence-corrected chi connectivity index (χ3v) is 4.23. The van der Waals surface area contributed by atoms with Crippen molar-refractivity contribution in [2.75, 3.05) is 7.11 Å². The van der Waals surface area contributed by atoms with E-state index >= 15 is 0 Å². The quantitative estimate of drug-likeness (QED) is 0.786. The van der Waals surface area contributed by atoms with E-state index in [0.29, 0.717) is 11.3 Å². The van der Waals surface area contributed by atoms with Crippen LogP contribution in [0.1, 0.15) is 40.9 Å². The molecule has 4 nitrogen and oxygen atoms in total. The Kier molecular flexibility index (Phi) is 6.34. The molecule has 1 N–H and O–H groups in total. The molecule has 0 aliphatic rings. The second kappa shape index (κ2) is 8.47. The van der Waals surface area contributed by atoms with Gasteiger partial charge >= 0.3 is 0 Å². The van der Waals surface area contributed by atoms with E-state index in [1.807, 2.05) is 19.1 Å². The van der Waals surface area contributed by atoms with Crippen LogP contribution in [0.5, 0.6) is 5.75 Å². The van der Waals surface area contributed by atoms with Crippen LogP contribution in [0.2, 0.25) is 0 Å². The highest BCUT2D eigenvalue weighted by Crippen LogP contribution is 2.21. The fourth-order valence-corrected chi connectivity index (χ4v) is 2.85. The van der Waals surface area contributed by atoms with E-state index < -0.39 is 0 Å². The molecule has 2 rings (SSSR count). The third-order valence-electron chi connectivity index (χ3n) is 4.23. The topological polar surface area (TPSA) is 55.4 Å². The van der Waals surface area contributed by atoms with Crippen LogP contribution in [-0.4, -0.2) is 24.8 Å². The first-order valence-corrected chi connectivity index (χ1v) is 8.42. The zero-order valence-corrected chi connectivity index (χ0v) is 15.3. The van der Waals surface area contributed by atoms with Crippen LogP contribution in [0.4, 0.5) is 0 Å². The number of carbonyl (C=O) groups excluding carboxylic acids is 2. The van der Waals surface area contributed by atoms with Gasteiger partial charge in [0.25, 0.3) is 0 Å². The first-order valence-electron chi connectivity index (χ1n) is 8.42. The molecule has 0 saturated heterocycles. The van der Waals surface area contributed by atoms with Gasteiger partial charge in [-0.15, -0.1) is 0 Å². The number of aryl methyl sites for hydroxylation is 1. The average molecular weight is 339 g/mol. The lowest BCUT2D eigenvalue weighted by Crippen LogP contribution is -2.35. The van der Waals surface area contributed by atoms with Gasteiger partial charge in [-0.1, -0.05) is 24.3 Å². The summed E-state index contributed by atoms with van der Waals surface area (Å²) in [5.74, 6) is 0.504. The number of nitrogens with one attached hydrogen (secondary N) is 1. The number of carbonyl (C=O) groups is 2. The zero-order chi connectivity index (χ0) is 18.4. The van der Waals surface area contributed by atoms with Gasteiger partial charge < -0.3 is 10.1 Å². The Hall–Kier alpha value is -2.62. The van der Waals surface area contributed by atoms with Crippen molar-refractivity contribution in [3.63, 3.8) is 0 Å². The van der Waals surface area contributed by atoms with Crippen molar-refractivity contribution in [1.82, 2.24) is 5.32 Å². The second-order valence-corrected chi connectivity index (χ2v) is 6.36. The fourth-order valence-electron chi connectivity index (χ4n) is 2.85. The number of ketones is 1. The van der Waals surface area contributed by atoms with Crippen molar-refractivity contribution in [2.24, 2.45) is 0 Å². The highest BCUT2D eigenvalue weighted by Gasteiger charge is 2.14. The first kappa shape index (κ1) is 18.7. The molecule has 1 amide bonds. The summed E-state index contributed by atoms with van der Waals surface area (Å²) in [6.07, 6.45) is 0.964. The molecule has 25 heavy (non-hydrogen) atoms. The van der Waals surface area contributed by atoms with E-state index in [-0.39, 0.29) is 24.2 Å². The predicted molar refractivity (Wildman–Crippen MR) is 99.2 cm³/mol. The maximum absolute atomic E-state index is 12.4. The molecular weight excluding hydrogens is 314 g/mol. The lowest BCUT2D eigenvalue weighted by molar-refractivity contribution is -0.121. The Morgan fingerprint density at radius 2 is 1.84 bits per heavy atom. The average Bonchev–Trinajstić information content (AvgIpc) is 2.56. The van der Waals surface area contributed by atoms with Gasteiger partial charge in [0.05, 0.1) is 13.5 Å². The van der Waals surface area contributed by atoms with Gasteiger partial charge in [-0.25, -0.2) is 0 Å². The Morgan fingerprint density at radius 3 is 2.48 bits per heavy atom. The summed E-state index contributed by atoms with van der Waals surface area (Å²) < 4.78 is 5.31. The lowest BCUT2D eigenvalue weighted by Gasteiger charge is -2.16. The Morgan fingerprint density at radius 1 is 1.12 bits per heavy atom. The van der Waals surface area contributed by atoms with Crippen molar-refractivity contribution >= 4 is 11.7 Å².